The van der Waals surface area contributed by atoms with Crippen LogP contribution in [0, 0.1) is 5.92 Å². The molecule has 2 amide bonds. The molecule has 5 rings (SSSR count). The third-order valence-corrected chi connectivity index (χ3v) is 6.25. The van der Waals surface area contributed by atoms with Crippen molar-refractivity contribution in [2.75, 3.05) is 9.96 Å². The van der Waals surface area contributed by atoms with Gasteiger partial charge in [-0.2, -0.15) is 0 Å². The average Bonchev–Trinajstić information content (AvgIpc) is 3.31. The number of hydroxylamine groups is 1. The second-order valence-corrected chi connectivity index (χ2v) is 8.45. The fourth-order valence-electron chi connectivity index (χ4n) is 4.32. The molecule has 0 bridgehead atoms. The van der Waals surface area contributed by atoms with Gasteiger partial charge in [0.1, 0.15) is 5.92 Å². The third-order valence-electron chi connectivity index (χ3n) is 5.72. The number of amides is 2. The number of anilines is 2. The van der Waals surface area contributed by atoms with E-state index in [1.165, 1.54) is 11.1 Å². The molecule has 2 fully saturated rings. The zero-order valence-corrected chi connectivity index (χ0v) is 18.2. The number of nitrogens with zero attached hydrogens (tertiary/aromatic N) is 2. The summed E-state index contributed by atoms with van der Waals surface area (Å²) >= 11 is 3.35. The number of rotatable bonds is 4. The molecule has 0 saturated carbocycles. The summed E-state index contributed by atoms with van der Waals surface area (Å²) in [6.45, 7) is 0. The number of aromatic carboxylic acids is 1. The molecule has 3 aromatic carbocycles. The molecule has 7 nitrogen and oxygen atoms in total. The lowest BCUT2D eigenvalue weighted by Crippen LogP contribution is -2.37. The van der Waals surface area contributed by atoms with Crippen molar-refractivity contribution in [2.24, 2.45) is 5.92 Å². The minimum Gasteiger partial charge on any atom is -0.478 e. The van der Waals surface area contributed by atoms with Gasteiger partial charge in [-0.05, 0) is 48.0 Å². The molecule has 0 radical (unpaired) electrons. The average molecular weight is 493 g/mol. The number of imide groups is 1. The molecular weight excluding hydrogens is 476 g/mol. The van der Waals surface area contributed by atoms with Crippen molar-refractivity contribution >= 4 is 45.1 Å². The van der Waals surface area contributed by atoms with Gasteiger partial charge in [0, 0.05) is 4.47 Å². The van der Waals surface area contributed by atoms with Crippen molar-refractivity contribution in [2.45, 2.75) is 12.1 Å². The van der Waals surface area contributed by atoms with E-state index >= 15 is 0 Å². The van der Waals surface area contributed by atoms with Gasteiger partial charge in [-0.15, -0.1) is 0 Å². The van der Waals surface area contributed by atoms with Gasteiger partial charge in [0.2, 0.25) is 5.91 Å². The molecule has 2 aliphatic heterocycles. The van der Waals surface area contributed by atoms with Crippen LogP contribution in [0.4, 0.5) is 11.4 Å². The standard InChI is InChI=1S/C24H17BrN2O5/c25-14-10-12-15(13-11-14)26-22(28)19-20(17-8-4-5-9-18(17)24(30)31)27(32-21(19)23(26)29)16-6-2-1-3-7-16/h1-13,19-21H,(H,30,31)/t19-,20-,21-/m1/s1. The molecule has 2 heterocycles. The van der Waals surface area contributed by atoms with E-state index in [-0.39, 0.29) is 5.56 Å². The van der Waals surface area contributed by atoms with Crippen LogP contribution in [0.5, 0.6) is 0 Å². The Morgan fingerprint density at radius 3 is 2.19 bits per heavy atom. The SMILES string of the molecule is O=C(O)c1ccccc1[C@@H]1[C@H]2C(=O)N(c3ccc(Br)cc3)C(=O)[C@@H]2ON1c1ccccc1. The van der Waals surface area contributed by atoms with Crippen molar-refractivity contribution in [1.29, 1.82) is 0 Å². The van der Waals surface area contributed by atoms with E-state index in [0.717, 1.165) is 9.37 Å². The van der Waals surface area contributed by atoms with Crippen LogP contribution in [0.1, 0.15) is 22.0 Å². The molecule has 32 heavy (non-hydrogen) atoms. The molecule has 1 N–H and O–H groups in total. The highest BCUT2D eigenvalue weighted by atomic mass is 79.9. The molecule has 3 atom stereocenters. The first-order valence-electron chi connectivity index (χ1n) is 9.94. The lowest BCUT2D eigenvalue weighted by atomic mass is 9.88. The van der Waals surface area contributed by atoms with E-state index in [1.54, 1.807) is 54.6 Å². The summed E-state index contributed by atoms with van der Waals surface area (Å²) in [4.78, 5) is 46.0. The van der Waals surface area contributed by atoms with Crippen LogP contribution in [-0.4, -0.2) is 29.0 Å². The maximum absolute atomic E-state index is 13.6. The van der Waals surface area contributed by atoms with Crippen molar-refractivity contribution < 1.29 is 24.3 Å². The monoisotopic (exact) mass is 492 g/mol. The van der Waals surface area contributed by atoms with E-state index < -0.39 is 35.8 Å². The van der Waals surface area contributed by atoms with Gasteiger partial charge in [-0.25, -0.2) is 14.8 Å². The van der Waals surface area contributed by atoms with Gasteiger partial charge in [0.05, 0.1) is 23.0 Å². The molecule has 3 aromatic rings. The van der Waals surface area contributed by atoms with Crippen molar-refractivity contribution in [3.63, 3.8) is 0 Å². The number of fused-ring (bicyclic) bond motifs is 1. The molecule has 2 aliphatic rings. The van der Waals surface area contributed by atoms with Gasteiger partial charge < -0.3 is 5.11 Å². The summed E-state index contributed by atoms with van der Waals surface area (Å²) in [6, 6.07) is 21.6. The topological polar surface area (TPSA) is 87.2 Å². The second kappa shape index (κ2) is 7.89. The van der Waals surface area contributed by atoms with Gasteiger partial charge in [0.25, 0.3) is 5.91 Å². The Labute approximate surface area is 191 Å². The van der Waals surface area contributed by atoms with Gasteiger partial charge in [-0.3, -0.25) is 14.4 Å². The van der Waals surface area contributed by atoms with Crippen LogP contribution >= 0.6 is 15.9 Å². The maximum atomic E-state index is 13.6. The minimum atomic E-state index is -1.11. The van der Waals surface area contributed by atoms with Crippen molar-refractivity contribution in [1.82, 2.24) is 0 Å². The summed E-state index contributed by atoms with van der Waals surface area (Å²) < 4.78 is 0.820. The minimum absolute atomic E-state index is 0.0602. The lowest BCUT2D eigenvalue weighted by molar-refractivity contribution is -0.126. The number of para-hydroxylation sites is 1. The van der Waals surface area contributed by atoms with E-state index in [0.29, 0.717) is 16.9 Å². The highest BCUT2D eigenvalue weighted by Gasteiger charge is 2.60. The first kappa shape index (κ1) is 20.4. The van der Waals surface area contributed by atoms with E-state index in [2.05, 4.69) is 15.9 Å². The van der Waals surface area contributed by atoms with Crippen LogP contribution in [0.15, 0.2) is 83.3 Å². The second-order valence-electron chi connectivity index (χ2n) is 7.54. The van der Waals surface area contributed by atoms with Crippen LogP contribution < -0.4 is 9.96 Å². The largest absolute Gasteiger partial charge is 0.478 e. The molecule has 0 unspecified atom stereocenters. The van der Waals surface area contributed by atoms with Crippen molar-refractivity contribution in [3.05, 3.63) is 94.5 Å². The van der Waals surface area contributed by atoms with Crippen LogP contribution in [0.3, 0.4) is 0 Å². The summed E-state index contributed by atoms with van der Waals surface area (Å²) in [6.07, 6.45) is -1.06. The summed E-state index contributed by atoms with van der Waals surface area (Å²) in [5.74, 6) is -2.91. The fraction of sp³-hybridized carbons (Fsp3) is 0.125. The van der Waals surface area contributed by atoms with E-state index in [4.69, 9.17) is 4.84 Å². The molecule has 2 saturated heterocycles. The van der Waals surface area contributed by atoms with Crippen molar-refractivity contribution in [3.8, 4) is 0 Å². The first-order valence-corrected chi connectivity index (χ1v) is 10.7. The fourth-order valence-corrected chi connectivity index (χ4v) is 4.59. The zero-order chi connectivity index (χ0) is 22.4. The van der Waals surface area contributed by atoms with Gasteiger partial charge in [0.15, 0.2) is 6.10 Å². The summed E-state index contributed by atoms with van der Waals surface area (Å²) in [7, 11) is 0. The van der Waals surface area contributed by atoms with Crippen LogP contribution in [0.2, 0.25) is 0 Å². The summed E-state index contributed by atoms with van der Waals surface area (Å²) in [5.41, 5.74) is 1.54. The number of carbonyl (C=O) groups is 3. The Balaban J connectivity index is 1.63. The Kier molecular flexibility index (Phi) is 5.03. The highest BCUT2D eigenvalue weighted by Crippen LogP contribution is 2.48. The number of carboxylic acids is 1. The molecule has 0 spiro atoms. The third kappa shape index (κ3) is 3.19. The predicted octanol–water partition coefficient (Wildman–Crippen LogP) is 4.20. The molecule has 8 heteroatoms. The van der Waals surface area contributed by atoms with Gasteiger partial charge in [-0.1, -0.05) is 52.3 Å². The number of carbonyl (C=O) groups excluding carboxylic acids is 2. The Bertz CT molecular complexity index is 1210. The van der Waals surface area contributed by atoms with Gasteiger partial charge >= 0.3 is 5.97 Å². The smallest absolute Gasteiger partial charge is 0.336 e. The molecule has 160 valence electrons. The number of benzene rings is 3. The molecule has 0 aromatic heterocycles. The number of hydrogen-bond donors (Lipinski definition) is 1. The highest BCUT2D eigenvalue weighted by molar-refractivity contribution is 9.10. The van der Waals surface area contributed by atoms with Crippen LogP contribution in [-0.2, 0) is 14.4 Å². The Morgan fingerprint density at radius 1 is 0.844 bits per heavy atom. The quantitative estimate of drug-likeness (QED) is 0.549. The normalized spacial score (nSPS) is 22.3. The number of halogens is 1. The summed E-state index contributed by atoms with van der Waals surface area (Å²) in [5, 5.41) is 11.3. The number of hydrogen-bond acceptors (Lipinski definition) is 5. The first-order chi connectivity index (χ1) is 15.5. The van der Waals surface area contributed by atoms with Crippen LogP contribution in [0.25, 0.3) is 0 Å². The molecular formula is C24H17BrN2O5. The van der Waals surface area contributed by atoms with E-state index in [1.807, 2.05) is 18.2 Å². The molecule has 0 aliphatic carbocycles. The Hall–Kier alpha value is -3.49. The maximum Gasteiger partial charge on any atom is 0.336 e. The lowest BCUT2D eigenvalue weighted by Gasteiger charge is -2.29. The number of carboxylic acid groups (broad SMARTS) is 1. The zero-order valence-electron chi connectivity index (χ0n) is 16.6. The van der Waals surface area contributed by atoms with E-state index in [9.17, 15) is 19.5 Å². The Morgan fingerprint density at radius 2 is 1.50 bits per heavy atom. The predicted molar refractivity (Wildman–Crippen MR) is 120 cm³/mol.